The molecule has 0 bridgehead atoms. The molecular weight excluding hydrogens is 464 g/mol. The van der Waals surface area contributed by atoms with E-state index in [1.165, 1.54) is 33.0 Å². The van der Waals surface area contributed by atoms with Crippen LogP contribution in [0.4, 0.5) is 0 Å². The van der Waals surface area contributed by atoms with Gasteiger partial charge in [-0.3, -0.25) is 4.79 Å². The summed E-state index contributed by atoms with van der Waals surface area (Å²) < 4.78 is 4.36. The summed E-state index contributed by atoms with van der Waals surface area (Å²) >= 11 is 0. The van der Waals surface area contributed by atoms with Crippen LogP contribution in [-0.4, -0.2) is 9.13 Å². The summed E-state index contributed by atoms with van der Waals surface area (Å²) in [5.41, 5.74) is 9.88. The van der Waals surface area contributed by atoms with Crippen molar-refractivity contribution in [1.82, 2.24) is 9.13 Å². The maximum atomic E-state index is 12.8. The van der Waals surface area contributed by atoms with E-state index in [0.717, 1.165) is 33.2 Å². The van der Waals surface area contributed by atoms with Gasteiger partial charge in [-0.2, -0.15) is 0 Å². The lowest BCUT2D eigenvalue weighted by Gasteiger charge is -2.12. The van der Waals surface area contributed by atoms with Crippen molar-refractivity contribution in [3.8, 4) is 27.9 Å². The van der Waals surface area contributed by atoms with Crippen molar-refractivity contribution in [2.45, 2.75) is 6.92 Å². The van der Waals surface area contributed by atoms with E-state index < -0.39 is 0 Å². The van der Waals surface area contributed by atoms with Crippen LogP contribution in [-0.2, 0) is 7.05 Å². The molecule has 3 heteroatoms. The fourth-order valence-corrected chi connectivity index (χ4v) is 5.70. The first-order chi connectivity index (χ1) is 18.6. The summed E-state index contributed by atoms with van der Waals surface area (Å²) in [6.07, 6.45) is 1.92. The summed E-state index contributed by atoms with van der Waals surface area (Å²) in [5.74, 6) is 0. The topological polar surface area (TPSA) is 26.9 Å². The van der Waals surface area contributed by atoms with Gasteiger partial charge in [-0.05, 0) is 71.6 Å². The van der Waals surface area contributed by atoms with Crippen molar-refractivity contribution in [2.75, 3.05) is 0 Å². The van der Waals surface area contributed by atoms with Gasteiger partial charge in [0.25, 0.3) is 0 Å². The molecule has 38 heavy (non-hydrogen) atoms. The SMILES string of the molecule is Cc1cn(C)c2cc(-n3c4ccc(-c5ccccc5)cc4c4cc(-c5ccccc5)ccc43)ccc2c1=O. The molecule has 0 amide bonds. The predicted molar refractivity (Wildman–Crippen MR) is 159 cm³/mol. The van der Waals surface area contributed by atoms with Gasteiger partial charge in [0, 0.05) is 40.7 Å². The average molecular weight is 491 g/mol. The number of hydrogen-bond acceptors (Lipinski definition) is 1. The largest absolute Gasteiger partial charge is 0.350 e. The molecule has 7 aromatic rings. The Balaban J connectivity index is 1.54. The number of hydrogen-bond donors (Lipinski definition) is 0. The van der Waals surface area contributed by atoms with Crippen LogP contribution < -0.4 is 5.43 Å². The van der Waals surface area contributed by atoms with Crippen molar-refractivity contribution in [2.24, 2.45) is 7.05 Å². The van der Waals surface area contributed by atoms with Crippen LogP contribution in [0.15, 0.2) is 126 Å². The molecule has 0 aliphatic carbocycles. The zero-order chi connectivity index (χ0) is 25.8. The van der Waals surface area contributed by atoms with E-state index in [2.05, 4.69) is 114 Å². The molecule has 0 saturated heterocycles. The standard InChI is InChI=1S/C35H26N2O/c1-23-22-36(2)34-21-28(15-16-29(34)35(23)38)37-32-17-13-26(24-9-5-3-6-10-24)19-30(32)31-20-27(14-18-33(31)37)25-11-7-4-8-12-25/h3-22H,1-2H3. The Bertz CT molecular complexity index is 1950. The fraction of sp³-hybridized carbons (Fsp3) is 0.0571. The summed E-state index contributed by atoms with van der Waals surface area (Å²) in [6.45, 7) is 1.87. The predicted octanol–water partition coefficient (Wildman–Crippen LogP) is 8.28. The monoisotopic (exact) mass is 490 g/mol. The van der Waals surface area contributed by atoms with Crippen LogP contribution in [0.2, 0.25) is 0 Å². The minimum atomic E-state index is 0.0897. The molecule has 0 radical (unpaired) electrons. The Morgan fingerprint density at radius 2 is 1.08 bits per heavy atom. The van der Waals surface area contributed by atoms with Gasteiger partial charge in [-0.25, -0.2) is 0 Å². The lowest BCUT2D eigenvalue weighted by Crippen LogP contribution is -2.10. The maximum absolute atomic E-state index is 12.8. The number of aromatic nitrogens is 2. The molecule has 0 spiro atoms. The minimum Gasteiger partial charge on any atom is -0.350 e. The first kappa shape index (κ1) is 22.3. The summed E-state index contributed by atoms with van der Waals surface area (Å²) in [6, 6.07) is 40.7. The molecule has 7 rings (SSSR count). The van der Waals surface area contributed by atoms with Gasteiger partial charge in [0.2, 0.25) is 0 Å². The van der Waals surface area contributed by atoms with Gasteiger partial charge >= 0.3 is 0 Å². The highest BCUT2D eigenvalue weighted by Gasteiger charge is 2.16. The van der Waals surface area contributed by atoms with Crippen LogP contribution in [0.5, 0.6) is 0 Å². The normalized spacial score (nSPS) is 11.5. The van der Waals surface area contributed by atoms with Gasteiger partial charge in [-0.15, -0.1) is 0 Å². The first-order valence-electron chi connectivity index (χ1n) is 12.9. The molecule has 2 heterocycles. The highest BCUT2D eigenvalue weighted by atomic mass is 16.1. The van der Waals surface area contributed by atoms with Crippen LogP contribution >= 0.6 is 0 Å². The first-order valence-corrected chi connectivity index (χ1v) is 12.9. The number of aryl methyl sites for hydroxylation is 2. The second-order valence-electron chi connectivity index (χ2n) is 9.98. The van der Waals surface area contributed by atoms with E-state index in [4.69, 9.17) is 0 Å². The Morgan fingerprint density at radius 1 is 0.526 bits per heavy atom. The number of rotatable bonds is 3. The molecule has 0 aliphatic rings. The van der Waals surface area contributed by atoms with Gasteiger partial charge in [-0.1, -0.05) is 72.8 Å². The summed E-state index contributed by atoms with van der Waals surface area (Å²) in [7, 11) is 2.00. The minimum absolute atomic E-state index is 0.0897. The zero-order valence-electron chi connectivity index (χ0n) is 21.3. The van der Waals surface area contributed by atoms with E-state index in [9.17, 15) is 4.79 Å². The second kappa shape index (κ2) is 8.60. The fourth-order valence-electron chi connectivity index (χ4n) is 5.70. The molecule has 0 N–H and O–H groups in total. The van der Waals surface area contributed by atoms with Crippen LogP contribution in [0.25, 0.3) is 60.6 Å². The molecule has 0 unspecified atom stereocenters. The smallest absolute Gasteiger partial charge is 0.192 e. The van der Waals surface area contributed by atoms with Crippen LogP contribution in [0, 0.1) is 6.92 Å². The third-order valence-electron chi connectivity index (χ3n) is 7.59. The highest BCUT2D eigenvalue weighted by Crippen LogP contribution is 2.37. The molecule has 0 fully saturated rings. The van der Waals surface area contributed by atoms with Crippen molar-refractivity contribution >= 4 is 32.7 Å². The van der Waals surface area contributed by atoms with E-state index >= 15 is 0 Å². The molecule has 3 nitrogen and oxygen atoms in total. The quantitative estimate of drug-likeness (QED) is 0.245. The van der Waals surface area contributed by atoms with Crippen molar-refractivity contribution in [3.63, 3.8) is 0 Å². The van der Waals surface area contributed by atoms with Crippen molar-refractivity contribution < 1.29 is 0 Å². The molecule has 2 aromatic heterocycles. The Labute approximate surface area is 220 Å². The Kier molecular flexibility index (Phi) is 5.05. The Hall–Kier alpha value is -4.89. The molecular formula is C35H26N2O. The maximum Gasteiger partial charge on any atom is 0.192 e. The molecule has 5 aromatic carbocycles. The van der Waals surface area contributed by atoms with Crippen molar-refractivity contribution in [1.29, 1.82) is 0 Å². The third kappa shape index (κ3) is 3.47. The third-order valence-corrected chi connectivity index (χ3v) is 7.59. The second-order valence-corrected chi connectivity index (χ2v) is 9.98. The van der Waals surface area contributed by atoms with Gasteiger partial charge in [0.1, 0.15) is 0 Å². The Morgan fingerprint density at radius 3 is 1.63 bits per heavy atom. The van der Waals surface area contributed by atoms with E-state index in [-0.39, 0.29) is 5.43 Å². The summed E-state index contributed by atoms with van der Waals surface area (Å²) in [4.78, 5) is 12.8. The number of pyridine rings is 1. The number of fused-ring (bicyclic) bond motifs is 4. The van der Waals surface area contributed by atoms with Gasteiger partial charge < -0.3 is 9.13 Å². The molecule has 0 saturated carbocycles. The zero-order valence-corrected chi connectivity index (χ0v) is 21.3. The average Bonchev–Trinajstić information content (AvgIpc) is 3.29. The van der Waals surface area contributed by atoms with E-state index in [1.807, 2.05) is 30.8 Å². The van der Waals surface area contributed by atoms with Gasteiger partial charge in [0.05, 0.1) is 16.6 Å². The van der Waals surface area contributed by atoms with Crippen LogP contribution in [0.1, 0.15) is 5.56 Å². The number of nitrogens with zero attached hydrogens (tertiary/aromatic N) is 2. The van der Waals surface area contributed by atoms with Gasteiger partial charge in [0.15, 0.2) is 5.43 Å². The molecule has 0 atom stereocenters. The van der Waals surface area contributed by atoms with Crippen molar-refractivity contribution in [3.05, 3.63) is 137 Å². The highest BCUT2D eigenvalue weighted by molar-refractivity contribution is 6.11. The lowest BCUT2D eigenvalue weighted by atomic mass is 10.0. The summed E-state index contributed by atoms with van der Waals surface area (Å²) in [5, 5.41) is 3.16. The molecule has 182 valence electrons. The van der Waals surface area contributed by atoms with E-state index in [0.29, 0.717) is 0 Å². The lowest BCUT2D eigenvalue weighted by molar-refractivity contribution is 0.937. The number of benzene rings is 5. The molecule has 0 aliphatic heterocycles. The van der Waals surface area contributed by atoms with Crippen LogP contribution in [0.3, 0.4) is 0 Å². The van der Waals surface area contributed by atoms with E-state index in [1.54, 1.807) is 0 Å².